The Kier molecular flexibility index (Phi) is 4.76. The van der Waals surface area contributed by atoms with Crippen LogP contribution in [0, 0.1) is 0 Å². The molecule has 1 aromatic carbocycles. The van der Waals surface area contributed by atoms with Crippen LogP contribution in [0.1, 0.15) is 25.3 Å². The minimum Gasteiger partial charge on any atom is -0.341 e. The van der Waals surface area contributed by atoms with Crippen LogP contribution in [-0.2, 0) is 11.2 Å². The van der Waals surface area contributed by atoms with Gasteiger partial charge in [0.05, 0.1) is 6.42 Å². The first kappa shape index (κ1) is 13.1. The summed E-state index contributed by atoms with van der Waals surface area (Å²) >= 11 is 0. The Labute approximate surface area is 109 Å². The number of likely N-dealkylation sites (tertiary alicyclic amines) is 1. The molecule has 0 bridgehead atoms. The molecule has 1 fully saturated rings. The maximum absolute atomic E-state index is 12.2. The molecule has 2 rings (SSSR count). The smallest absolute Gasteiger partial charge is 0.227 e. The monoisotopic (exact) mass is 246 g/mol. The Morgan fingerprint density at radius 2 is 2.17 bits per heavy atom. The van der Waals surface area contributed by atoms with E-state index < -0.39 is 0 Å². The molecular formula is C15H22N2O. The molecule has 1 amide bonds. The summed E-state index contributed by atoms with van der Waals surface area (Å²) in [7, 11) is 0. The number of piperidine rings is 1. The third-order valence-corrected chi connectivity index (χ3v) is 3.47. The van der Waals surface area contributed by atoms with Crippen molar-refractivity contribution in [3.8, 4) is 0 Å². The Balaban J connectivity index is 1.88. The highest BCUT2D eigenvalue weighted by molar-refractivity contribution is 5.78. The highest BCUT2D eigenvalue weighted by Gasteiger charge is 2.22. The van der Waals surface area contributed by atoms with Crippen LogP contribution in [0.5, 0.6) is 0 Å². The summed E-state index contributed by atoms with van der Waals surface area (Å²) in [5, 5.41) is 3.44. The number of nitrogens with one attached hydrogen (secondary N) is 1. The van der Waals surface area contributed by atoms with E-state index in [1.165, 1.54) is 6.42 Å². The first-order valence-electron chi connectivity index (χ1n) is 6.84. The number of carbonyl (C=O) groups excluding carboxylic acids is 1. The van der Waals surface area contributed by atoms with E-state index in [2.05, 4.69) is 12.2 Å². The first-order chi connectivity index (χ1) is 8.79. The van der Waals surface area contributed by atoms with Gasteiger partial charge < -0.3 is 10.2 Å². The minimum atomic E-state index is 0.254. The molecule has 3 nitrogen and oxygen atoms in total. The molecule has 0 saturated carbocycles. The number of benzene rings is 1. The van der Waals surface area contributed by atoms with Crippen molar-refractivity contribution < 1.29 is 4.79 Å². The van der Waals surface area contributed by atoms with E-state index in [1.54, 1.807) is 0 Å². The molecule has 1 aromatic rings. The molecule has 1 aliphatic rings. The topological polar surface area (TPSA) is 32.3 Å². The zero-order valence-corrected chi connectivity index (χ0v) is 11.1. The van der Waals surface area contributed by atoms with Gasteiger partial charge in [-0.2, -0.15) is 0 Å². The second-order valence-corrected chi connectivity index (χ2v) is 4.90. The molecule has 0 aromatic heterocycles. The second-order valence-electron chi connectivity index (χ2n) is 4.90. The average Bonchev–Trinajstić information content (AvgIpc) is 2.40. The lowest BCUT2D eigenvalue weighted by atomic mass is 10.0. The van der Waals surface area contributed by atoms with Crippen LogP contribution in [0.2, 0.25) is 0 Å². The molecule has 1 saturated heterocycles. The zero-order valence-electron chi connectivity index (χ0n) is 11.1. The Morgan fingerprint density at radius 3 is 2.89 bits per heavy atom. The largest absolute Gasteiger partial charge is 0.341 e. The van der Waals surface area contributed by atoms with Gasteiger partial charge in [-0.05, 0) is 24.9 Å². The van der Waals surface area contributed by atoms with Crippen LogP contribution in [0.4, 0.5) is 0 Å². The van der Waals surface area contributed by atoms with Gasteiger partial charge >= 0.3 is 0 Å². The summed E-state index contributed by atoms with van der Waals surface area (Å²) in [6.07, 6.45) is 2.82. The third kappa shape index (κ3) is 3.57. The highest BCUT2D eigenvalue weighted by atomic mass is 16.2. The number of carbonyl (C=O) groups is 1. The summed E-state index contributed by atoms with van der Waals surface area (Å²) in [5.74, 6) is 0.254. The number of rotatable bonds is 4. The van der Waals surface area contributed by atoms with E-state index in [-0.39, 0.29) is 5.91 Å². The highest BCUT2D eigenvalue weighted by Crippen LogP contribution is 2.12. The summed E-state index contributed by atoms with van der Waals surface area (Å²) in [5.41, 5.74) is 1.10. The molecule has 1 aliphatic heterocycles. The van der Waals surface area contributed by atoms with Crippen LogP contribution in [0.3, 0.4) is 0 Å². The Morgan fingerprint density at radius 1 is 1.39 bits per heavy atom. The lowest BCUT2D eigenvalue weighted by Gasteiger charge is -2.33. The van der Waals surface area contributed by atoms with Crippen molar-refractivity contribution >= 4 is 5.91 Å². The van der Waals surface area contributed by atoms with Gasteiger partial charge in [-0.1, -0.05) is 37.3 Å². The van der Waals surface area contributed by atoms with E-state index in [0.29, 0.717) is 12.5 Å². The van der Waals surface area contributed by atoms with Crippen LogP contribution in [-0.4, -0.2) is 36.5 Å². The van der Waals surface area contributed by atoms with Gasteiger partial charge in [-0.15, -0.1) is 0 Å². The molecule has 98 valence electrons. The zero-order chi connectivity index (χ0) is 12.8. The molecule has 1 unspecified atom stereocenters. The fraction of sp³-hybridized carbons (Fsp3) is 0.533. The summed E-state index contributed by atoms with van der Waals surface area (Å²) in [4.78, 5) is 14.2. The third-order valence-electron chi connectivity index (χ3n) is 3.47. The molecule has 0 spiro atoms. The van der Waals surface area contributed by atoms with Crippen molar-refractivity contribution in [3.05, 3.63) is 35.9 Å². The standard InChI is InChI=1S/C15H22N2O/c1-2-16-14-9-6-10-17(12-14)15(18)11-13-7-4-3-5-8-13/h3-5,7-8,14,16H,2,6,9-12H2,1H3. The normalized spacial score (nSPS) is 19.8. The van der Waals surface area contributed by atoms with Gasteiger partial charge in [-0.25, -0.2) is 0 Å². The SMILES string of the molecule is CCNC1CCCN(C(=O)Cc2ccccc2)C1. The lowest BCUT2D eigenvalue weighted by Crippen LogP contribution is -2.48. The van der Waals surface area contributed by atoms with Gasteiger partial charge in [0.1, 0.15) is 0 Å². The maximum atomic E-state index is 12.2. The summed E-state index contributed by atoms with van der Waals surface area (Å²) in [6, 6.07) is 10.5. The van der Waals surface area contributed by atoms with E-state index in [1.807, 2.05) is 35.2 Å². The first-order valence-corrected chi connectivity index (χ1v) is 6.84. The molecule has 1 heterocycles. The Bertz CT molecular complexity index is 375. The predicted octanol–water partition coefficient (Wildman–Crippen LogP) is 1.83. The van der Waals surface area contributed by atoms with Gasteiger partial charge in [0.2, 0.25) is 5.91 Å². The average molecular weight is 246 g/mol. The number of nitrogens with zero attached hydrogens (tertiary/aromatic N) is 1. The summed E-state index contributed by atoms with van der Waals surface area (Å²) in [6.45, 7) is 4.86. The van der Waals surface area contributed by atoms with Crippen molar-refractivity contribution in [1.29, 1.82) is 0 Å². The molecule has 0 aliphatic carbocycles. The van der Waals surface area contributed by atoms with Crippen LogP contribution in [0.25, 0.3) is 0 Å². The van der Waals surface area contributed by atoms with Crippen molar-refractivity contribution in [1.82, 2.24) is 10.2 Å². The maximum Gasteiger partial charge on any atom is 0.227 e. The minimum absolute atomic E-state index is 0.254. The fourth-order valence-electron chi connectivity index (χ4n) is 2.54. The van der Waals surface area contributed by atoms with Crippen molar-refractivity contribution in [2.75, 3.05) is 19.6 Å². The van der Waals surface area contributed by atoms with E-state index in [9.17, 15) is 4.79 Å². The van der Waals surface area contributed by atoms with Gasteiger partial charge in [-0.3, -0.25) is 4.79 Å². The number of likely N-dealkylation sites (N-methyl/N-ethyl adjacent to an activating group) is 1. The molecule has 1 N–H and O–H groups in total. The molecule has 1 atom stereocenters. The van der Waals surface area contributed by atoms with Crippen LogP contribution < -0.4 is 5.32 Å². The summed E-state index contributed by atoms with van der Waals surface area (Å²) < 4.78 is 0. The van der Waals surface area contributed by atoms with Crippen molar-refractivity contribution in [2.24, 2.45) is 0 Å². The van der Waals surface area contributed by atoms with Gasteiger partial charge in [0, 0.05) is 19.1 Å². The van der Waals surface area contributed by atoms with Crippen molar-refractivity contribution in [2.45, 2.75) is 32.2 Å². The molecular weight excluding hydrogens is 224 g/mol. The second kappa shape index (κ2) is 6.55. The Hall–Kier alpha value is -1.35. The number of amides is 1. The molecule has 18 heavy (non-hydrogen) atoms. The molecule has 3 heteroatoms. The van der Waals surface area contributed by atoms with Crippen molar-refractivity contribution in [3.63, 3.8) is 0 Å². The van der Waals surface area contributed by atoms with Crippen LogP contribution >= 0.6 is 0 Å². The fourth-order valence-corrected chi connectivity index (χ4v) is 2.54. The van der Waals surface area contributed by atoms with Crippen LogP contribution in [0.15, 0.2) is 30.3 Å². The van der Waals surface area contributed by atoms with E-state index in [4.69, 9.17) is 0 Å². The number of hydrogen-bond acceptors (Lipinski definition) is 2. The van der Waals surface area contributed by atoms with E-state index >= 15 is 0 Å². The molecule has 0 radical (unpaired) electrons. The number of hydrogen-bond donors (Lipinski definition) is 1. The lowest BCUT2D eigenvalue weighted by molar-refractivity contribution is -0.131. The van der Waals surface area contributed by atoms with E-state index in [0.717, 1.165) is 31.6 Å². The predicted molar refractivity (Wildman–Crippen MR) is 73.4 cm³/mol. The quantitative estimate of drug-likeness (QED) is 0.879. The van der Waals surface area contributed by atoms with Gasteiger partial charge in [0.15, 0.2) is 0 Å². The van der Waals surface area contributed by atoms with Gasteiger partial charge in [0.25, 0.3) is 0 Å².